The fraction of sp³-hybridized carbons (Fsp3) is 0.0769. The first-order chi connectivity index (χ1) is 19.6. The summed E-state index contributed by atoms with van der Waals surface area (Å²) < 4.78 is 2.41. The normalized spacial score (nSPS) is 13.4. The zero-order chi connectivity index (χ0) is 26.8. The molecule has 0 N–H and O–H groups in total. The van der Waals surface area contributed by atoms with Gasteiger partial charge < -0.3 is 4.57 Å². The SMILES string of the molecule is CC1(C)c2ccccc2-c2ccc(-c3ccc4c(c3)c3ccccc3n4-c3cccc(-c4ccccc4)c3)cc21. The molecule has 6 aromatic carbocycles. The molecule has 0 fully saturated rings. The summed E-state index contributed by atoms with van der Waals surface area (Å²) in [7, 11) is 0. The maximum absolute atomic E-state index is 2.42. The van der Waals surface area contributed by atoms with Gasteiger partial charge in [-0.1, -0.05) is 117 Å². The number of hydrogen-bond donors (Lipinski definition) is 0. The molecule has 0 atom stereocenters. The summed E-state index contributed by atoms with van der Waals surface area (Å²) in [4.78, 5) is 0. The number of fused-ring (bicyclic) bond motifs is 6. The zero-order valence-corrected chi connectivity index (χ0v) is 22.7. The highest BCUT2D eigenvalue weighted by Gasteiger charge is 2.35. The molecular formula is C39H29N. The monoisotopic (exact) mass is 511 g/mol. The van der Waals surface area contributed by atoms with Gasteiger partial charge in [-0.25, -0.2) is 0 Å². The van der Waals surface area contributed by atoms with Crippen LogP contribution in [0.2, 0.25) is 0 Å². The molecule has 0 saturated carbocycles. The van der Waals surface area contributed by atoms with Gasteiger partial charge in [-0.2, -0.15) is 0 Å². The number of aromatic nitrogens is 1. The van der Waals surface area contributed by atoms with Crippen LogP contribution in [0, 0.1) is 0 Å². The minimum atomic E-state index is -0.00810. The van der Waals surface area contributed by atoms with Gasteiger partial charge in [-0.3, -0.25) is 0 Å². The number of para-hydroxylation sites is 1. The van der Waals surface area contributed by atoms with E-state index in [0.29, 0.717) is 0 Å². The molecular weight excluding hydrogens is 482 g/mol. The van der Waals surface area contributed by atoms with E-state index in [1.807, 2.05) is 0 Å². The van der Waals surface area contributed by atoms with Gasteiger partial charge in [0.25, 0.3) is 0 Å². The maximum Gasteiger partial charge on any atom is 0.0541 e. The molecule has 8 rings (SSSR count). The van der Waals surface area contributed by atoms with Crippen LogP contribution >= 0.6 is 0 Å². The van der Waals surface area contributed by atoms with Crippen LogP contribution in [0.5, 0.6) is 0 Å². The third-order valence-corrected chi connectivity index (χ3v) is 8.80. The lowest BCUT2D eigenvalue weighted by atomic mass is 9.81. The Morgan fingerprint density at radius 2 is 1.07 bits per heavy atom. The molecule has 0 unspecified atom stereocenters. The molecule has 0 amide bonds. The largest absolute Gasteiger partial charge is 0.309 e. The lowest BCUT2D eigenvalue weighted by Crippen LogP contribution is -2.14. The van der Waals surface area contributed by atoms with Crippen molar-refractivity contribution in [2.24, 2.45) is 0 Å². The molecule has 1 aromatic heterocycles. The molecule has 0 aliphatic heterocycles. The number of benzene rings is 6. The average molecular weight is 512 g/mol. The predicted molar refractivity (Wildman–Crippen MR) is 169 cm³/mol. The first-order valence-corrected chi connectivity index (χ1v) is 14.0. The van der Waals surface area contributed by atoms with E-state index in [9.17, 15) is 0 Å². The number of nitrogens with zero attached hydrogens (tertiary/aromatic N) is 1. The van der Waals surface area contributed by atoms with Crippen LogP contribution < -0.4 is 0 Å². The van der Waals surface area contributed by atoms with Crippen LogP contribution in [0.1, 0.15) is 25.0 Å². The molecule has 40 heavy (non-hydrogen) atoms. The summed E-state index contributed by atoms with van der Waals surface area (Å²) in [6, 6.07) is 51.1. The van der Waals surface area contributed by atoms with Crippen molar-refractivity contribution in [3.8, 4) is 39.1 Å². The van der Waals surface area contributed by atoms with Gasteiger partial charge in [0.1, 0.15) is 0 Å². The molecule has 0 spiro atoms. The molecule has 1 aliphatic carbocycles. The summed E-state index contributed by atoms with van der Waals surface area (Å²) in [6.07, 6.45) is 0. The molecule has 1 heteroatoms. The van der Waals surface area contributed by atoms with Crippen LogP contribution in [-0.2, 0) is 5.41 Å². The fourth-order valence-corrected chi connectivity index (χ4v) is 6.77. The Kier molecular flexibility index (Phi) is 4.93. The van der Waals surface area contributed by atoms with Crippen molar-refractivity contribution in [1.82, 2.24) is 4.57 Å². The van der Waals surface area contributed by atoms with Gasteiger partial charge in [0.15, 0.2) is 0 Å². The van der Waals surface area contributed by atoms with E-state index in [1.165, 1.54) is 72.0 Å². The summed E-state index contributed by atoms with van der Waals surface area (Å²) in [6.45, 7) is 4.70. The van der Waals surface area contributed by atoms with Crippen molar-refractivity contribution < 1.29 is 0 Å². The molecule has 1 aliphatic rings. The van der Waals surface area contributed by atoms with E-state index in [1.54, 1.807) is 0 Å². The second-order valence-electron chi connectivity index (χ2n) is 11.4. The Morgan fingerprint density at radius 1 is 0.425 bits per heavy atom. The van der Waals surface area contributed by atoms with Crippen LogP contribution in [-0.4, -0.2) is 4.57 Å². The molecule has 7 aromatic rings. The average Bonchev–Trinajstić information content (AvgIpc) is 3.46. The topological polar surface area (TPSA) is 4.93 Å². The highest BCUT2D eigenvalue weighted by Crippen LogP contribution is 2.49. The summed E-state index contributed by atoms with van der Waals surface area (Å²) in [5.41, 5.74) is 14.2. The van der Waals surface area contributed by atoms with Crippen LogP contribution in [0.4, 0.5) is 0 Å². The lowest BCUT2D eigenvalue weighted by Gasteiger charge is -2.22. The van der Waals surface area contributed by atoms with Gasteiger partial charge in [0, 0.05) is 21.9 Å². The van der Waals surface area contributed by atoms with E-state index in [0.717, 1.165) is 0 Å². The quantitative estimate of drug-likeness (QED) is 0.222. The molecule has 190 valence electrons. The predicted octanol–water partition coefficient (Wildman–Crippen LogP) is 10.4. The van der Waals surface area contributed by atoms with Crippen molar-refractivity contribution in [1.29, 1.82) is 0 Å². The Balaban J connectivity index is 1.29. The van der Waals surface area contributed by atoms with Crippen LogP contribution in [0.3, 0.4) is 0 Å². The van der Waals surface area contributed by atoms with Gasteiger partial charge in [-0.05, 0) is 80.9 Å². The number of rotatable bonds is 3. The Morgan fingerprint density at radius 3 is 1.98 bits per heavy atom. The van der Waals surface area contributed by atoms with Gasteiger partial charge in [-0.15, -0.1) is 0 Å². The maximum atomic E-state index is 2.42. The first-order valence-electron chi connectivity index (χ1n) is 14.0. The second-order valence-corrected chi connectivity index (χ2v) is 11.4. The molecule has 0 radical (unpaired) electrons. The smallest absolute Gasteiger partial charge is 0.0541 e. The summed E-state index contributed by atoms with van der Waals surface area (Å²) in [5.74, 6) is 0. The molecule has 0 saturated heterocycles. The van der Waals surface area contributed by atoms with Crippen molar-refractivity contribution in [2.75, 3.05) is 0 Å². The highest BCUT2D eigenvalue weighted by atomic mass is 15.0. The second kappa shape index (κ2) is 8.56. The van der Waals surface area contributed by atoms with E-state index in [2.05, 4.69) is 158 Å². The minimum Gasteiger partial charge on any atom is -0.309 e. The third kappa shape index (κ3) is 3.34. The van der Waals surface area contributed by atoms with Gasteiger partial charge in [0.05, 0.1) is 11.0 Å². The van der Waals surface area contributed by atoms with Gasteiger partial charge in [0.2, 0.25) is 0 Å². The van der Waals surface area contributed by atoms with E-state index in [-0.39, 0.29) is 5.41 Å². The van der Waals surface area contributed by atoms with Crippen LogP contribution in [0.25, 0.3) is 60.9 Å². The first kappa shape index (κ1) is 23.0. The summed E-state index contributed by atoms with van der Waals surface area (Å²) in [5, 5.41) is 2.56. The summed E-state index contributed by atoms with van der Waals surface area (Å²) >= 11 is 0. The Hall–Kier alpha value is -4.88. The fourth-order valence-electron chi connectivity index (χ4n) is 6.77. The van der Waals surface area contributed by atoms with Gasteiger partial charge >= 0.3 is 0 Å². The van der Waals surface area contributed by atoms with Crippen molar-refractivity contribution in [3.05, 3.63) is 151 Å². The zero-order valence-electron chi connectivity index (χ0n) is 22.7. The lowest BCUT2D eigenvalue weighted by molar-refractivity contribution is 0.660. The van der Waals surface area contributed by atoms with E-state index >= 15 is 0 Å². The van der Waals surface area contributed by atoms with Crippen molar-refractivity contribution in [2.45, 2.75) is 19.3 Å². The third-order valence-electron chi connectivity index (χ3n) is 8.80. The molecule has 1 nitrogen and oxygen atoms in total. The number of hydrogen-bond acceptors (Lipinski definition) is 0. The molecule has 0 bridgehead atoms. The Labute approximate surface area is 235 Å². The van der Waals surface area contributed by atoms with Crippen molar-refractivity contribution >= 4 is 21.8 Å². The highest BCUT2D eigenvalue weighted by molar-refractivity contribution is 6.10. The minimum absolute atomic E-state index is 0.00810. The van der Waals surface area contributed by atoms with Crippen molar-refractivity contribution in [3.63, 3.8) is 0 Å². The standard InChI is InChI=1S/C39H29N/c1-39(2)35-17-8-6-15-31(35)32-21-19-29(25-36(32)39)28-20-22-38-34(24-28)33-16-7-9-18-37(33)40(38)30-14-10-13-27(23-30)26-11-4-3-5-12-26/h3-25H,1-2H3. The van der Waals surface area contributed by atoms with Crippen LogP contribution in [0.15, 0.2) is 140 Å². The van der Waals surface area contributed by atoms with E-state index < -0.39 is 0 Å². The molecule has 1 heterocycles. The Bertz CT molecular complexity index is 2070. The van der Waals surface area contributed by atoms with E-state index in [4.69, 9.17) is 0 Å².